The molecule has 3 rings (SSSR count). The maximum Gasteiger partial charge on any atom is 0.348 e. The molecule has 18 heavy (non-hydrogen) atoms. The van der Waals surface area contributed by atoms with Crippen LogP contribution in [-0.4, -0.2) is 51.9 Å². The van der Waals surface area contributed by atoms with Gasteiger partial charge in [0.15, 0.2) is 5.65 Å². The first-order chi connectivity index (χ1) is 8.79. The van der Waals surface area contributed by atoms with Crippen molar-refractivity contribution in [3.63, 3.8) is 0 Å². The highest BCUT2D eigenvalue weighted by Gasteiger charge is 2.23. The molecule has 0 bridgehead atoms. The molecule has 1 fully saturated rings. The summed E-state index contributed by atoms with van der Waals surface area (Å²) in [6.45, 7) is 2.48. The first kappa shape index (κ1) is 11.2. The number of nitrogens with one attached hydrogen (secondary N) is 1. The Hall–Kier alpha value is -1.93. The number of fused-ring (bicyclic) bond motifs is 1. The molecule has 8 nitrogen and oxygen atoms in total. The maximum atomic E-state index is 11.3. The van der Waals surface area contributed by atoms with E-state index in [9.17, 15) is 4.79 Å². The Labute approximate surface area is 102 Å². The van der Waals surface area contributed by atoms with Gasteiger partial charge in [-0.3, -0.25) is 0 Å². The molecule has 0 saturated carbocycles. The molecule has 1 saturated heterocycles. The lowest BCUT2D eigenvalue weighted by Crippen LogP contribution is -2.49. The van der Waals surface area contributed by atoms with Crippen LogP contribution in [0.25, 0.3) is 5.65 Å². The molecule has 1 atom stereocenters. The van der Waals surface area contributed by atoms with E-state index in [-0.39, 0.29) is 11.7 Å². The number of H-pyrrole nitrogens is 1. The zero-order chi connectivity index (χ0) is 12.5. The maximum absolute atomic E-state index is 11.3. The second-order valence-corrected chi connectivity index (χ2v) is 4.16. The molecule has 0 aliphatic carbocycles. The van der Waals surface area contributed by atoms with Crippen LogP contribution in [0.5, 0.6) is 0 Å². The fourth-order valence-electron chi connectivity index (χ4n) is 2.11. The van der Waals surface area contributed by atoms with Gasteiger partial charge in [-0.15, -0.1) is 0 Å². The second kappa shape index (κ2) is 4.39. The van der Waals surface area contributed by atoms with Crippen LogP contribution >= 0.6 is 0 Å². The third kappa shape index (κ3) is 1.75. The molecular formula is C10H14N6O2. The molecule has 0 amide bonds. The smallest absolute Gasteiger partial charge is 0.348 e. The Bertz CT molecular complexity index is 606. The van der Waals surface area contributed by atoms with Gasteiger partial charge < -0.3 is 15.4 Å². The Morgan fingerprint density at radius 2 is 2.50 bits per heavy atom. The Morgan fingerprint density at radius 3 is 3.33 bits per heavy atom. The minimum Gasteiger partial charge on any atom is -0.377 e. The molecule has 2 aromatic rings. The highest BCUT2D eigenvalue weighted by molar-refractivity contribution is 5.51. The van der Waals surface area contributed by atoms with Gasteiger partial charge in [0.25, 0.3) is 0 Å². The fraction of sp³-hybridized carbons (Fsp3) is 0.500. The summed E-state index contributed by atoms with van der Waals surface area (Å²) in [6, 6.07) is 1.88. The van der Waals surface area contributed by atoms with Crippen LogP contribution in [0.2, 0.25) is 0 Å². The van der Waals surface area contributed by atoms with E-state index in [1.165, 1.54) is 10.7 Å². The topological polar surface area (TPSA) is 102 Å². The van der Waals surface area contributed by atoms with E-state index in [0.29, 0.717) is 25.4 Å². The summed E-state index contributed by atoms with van der Waals surface area (Å²) >= 11 is 0. The average molecular weight is 250 g/mol. The van der Waals surface area contributed by atoms with Crippen LogP contribution in [-0.2, 0) is 4.74 Å². The molecule has 0 spiro atoms. The van der Waals surface area contributed by atoms with Crippen LogP contribution in [0.15, 0.2) is 17.2 Å². The third-order valence-electron chi connectivity index (χ3n) is 3.09. The lowest BCUT2D eigenvalue weighted by molar-refractivity contribution is 0.0958. The Kier molecular flexibility index (Phi) is 2.73. The van der Waals surface area contributed by atoms with E-state index in [0.717, 1.165) is 12.4 Å². The van der Waals surface area contributed by atoms with Gasteiger partial charge in [-0.05, 0) is 0 Å². The number of anilines is 1. The lowest BCUT2D eigenvalue weighted by atomic mass is 10.2. The first-order valence-corrected chi connectivity index (χ1v) is 5.77. The number of aromatic nitrogens is 4. The van der Waals surface area contributed by atoms with Crippen molar-refractivity contribution in [1.82, 2.24) is 19.6 Å². The van der Waals surface area contributed by atoms with Crippen molar-refractivity contribution >= 4 is 11.5 Å². The number of nitrogens with zero attached hydrogens (tertiary/aromatic N) is 4. The summed E-state index contributed by atoms with van der Waals surface area (Å²) in [5.74, 6) is 0.764. The lowest BCUT2D eigenvalue weighted by Gasteiger charge is -2.35. The summed E-state index contributed by atoms with van der Waals surface area (Å²) in [5, 5.41) is 6.30. The van der Waals surface area contributed by atoms with Gasteiger partial charge in [0.2, 0.25) is 0 Å². The van der Waals surface area contributed by atoms with Gasteiger partial charge in [0.05, 0.1) is 19.3 Å². The third-order valence-corrected chi connectivity index (χ3v) is 3.09. The van der Waals surface area contributed by atoms with Gasteiger partial charge in [0, 0.05) is 19.2 Å². The Morgan fingerprint density at radius 1 is 1.61 bits per heavy atom. The second-order valence-electron chi connectivity index (χ2n) is 4.16. The van der Waals surface area contributed by atoms with Crippen molar-refractivity contribution in [2.45, 2.75) is 6.04 Å². The summed E-state index contributed by atoms with van der Waals surface area (Å²) in [7, 11) is 0. The number of nitrogens with two attached hydrogens (primary N) is 1. The normalized spacial score (nSPS) is 20.5. The van der Waals surface area contributed by atoms with Crippen molar-refractivity contribution in [1.29, 1.82) is 0 Å². The van der Waals surface area contributed by atoms with Gasteiger partial charge in [0.1, 0.15) is 12.1 Å². The van der Waals surface area contributed by atoms with Crippen molar-refractivity contribution in [2.75, 3.05) is 31.2 Å². The average Bonchev–Trinajstić information content (AvgIpc) is 2.80. The van der Waals surface area contributed by atoms with E-state index < -0.39 is 0 Å². The van der Waals surface area contributed by atoms with Gasteiger partial charge in [-0.1, -0.05) is 0 Å². The number of rotatable bonds is 2. The quantitative estimate of drug-likeness (QED) is 0.678. The molecule has 1 aliphatic heterocycles. The SMILES string of the molecule is NCC1COCCN1c1cc2n[nH]c(=O)n2cn1. The predicted octanol–water partition coefficient (Wildman–Crippen LogP) is -1.42. The highest BCUT2D eigenvalue weighted by Crippen LogP contribution is 2.17. The monoisotopic (exact) mass is 250 g/mol. The zero-order valence-corrected chi connectivity index (χ0v) is 9.74. The summed E-state index contributed by atoms with van der Waals surface area (Å²) in [5.41, 5.74) is 5.98. The number of hydrogen-bond donors (Lipinski definition) is 2. The molecular weight excluding hydrogens is 236 g/mol. The molecule has 0 radical (unpaired) electrons. The van der Waals surface area contributed by atoms with Crippen LogP contribution in [0.1, 0.15) is 0 Å². The molecule has 1 unspecified atom stereocenters. The van der Waals surface area contributed by atoms with E-state index in [1.807, 2.05) is 0 Å². The number of hydrogen-bond acceptors (Lipinski definition) is 6. The number of ether oxygens (including phenoxy) is 1. The van der Waals surface area contributed by atoms with Gasteiger partial charge in [-0.25, -0.2) is 19.3 Å². The van der Waals surface area contributed by atoms with Crippen LogP contribution < -0.4 is 16.3 Å². The standard InChI is InChI=1S/C10H14N6O2/c11-4-7-5-18-2-1-15(7)8-3-9-13-14-10(17)16(9)6-12-8/h3,6-7H,1-2,4-5,11H2,(H,14,17). The van der Waals surface area contributed by atoms with Crippen LogP contribution in [0, 0.1) is 0 Å². The largest absolute Gasteiger partial charge is 0.377 e. The van der Waals surface area contributed by atoms with E-state index in [4.69, 9.17) is 10.5 Å². The highest BCUT2D eigenvalue weighted by atomic mass is 16.5. The Balaban J connectivity index is 1.99. The molecule has 8 heteroatoms. The molecule has 96 valence electrons. The molecule has 1 aliphatic rings. The molecule has 3 heterocycles. The van der Waals surface area contributed by atoms with Crippen LogP contribution in [0.4, 0.5) is 5.82 Å². The first-order valence-electron chi connectivity index (χ1n) is 5.77. The summed E-state index contributed by atoms with van der Waals surface area (Å²) in [4.78, 5) is 17.7. The molecule has 0 aromatic carbocycles. The van der Waals surface area contributed by atoms with E-state index in [2.05, 4.69) is 20.1 Å². The van der Waals surface area contributed by atoms with E-state index in [1.54, 1.807) is 6.07 Å². The van der Waals surface area contributed by atoms with Crippen molar-refractivity contribution in [2.24, 2.45) is 5.73 Å². The predicted molar refractivity (Wildman–Crippen MR) is 64.6 cm³/mol. The fourth-order valence-corrected chi connectivity index (χ4v) is 2.11. The van der Waals surface area contributed by atoms with E-state index >= 15 is 0 Å². The zero-order valence-electron chi connectivity index (χ0n) is 9.74. The van der Waals surface area contributed by atoms with Crippen LogP contribution in [0.3, 0.4) is 0 Å². The van der Waals surface area contributed by atoms with Crippen molar-refractivity contribution in [3.8, 4) is 0 Å². The molecule has 3 N–H and O–H groups in total. The minimum atomic E-state index is -0.290. The summed E-state index contributed by atoms with van der Waals surface area (Å²) in [6.07, 6.45) is 1.47. The van der Waals surface area contributed by atoms with Gasteiger partial charge >= 0.3 is 5.69 Å². The molecule has 2 aromatic heterocycles. The van der Waals surface area contributed by atoms with Gasteiger partial charge in [-0.2, -0.15) is 5.10 Å². The number of aromatic amines is 1. The number of morpholine rings is 1. The minimum absolute atomic E-state index is 0.111. The summed E-state index contributed by atoms with van der Waals surface area (Å²) < 4.78 is 6.75. The van der Waals surface area contributed by atoms with Crippen molar-refractivity contribution < 1.29 is 4.74 Å². The van der Waals surface area contributed by atoms with Crippen molar-refractivity contribution in [3.05, 3.63) is 22.9 Å².